The smallest absolute Gasteiger partial charge is 0.480 e. The average Bonchev–Trinajstić information content (AvgIpc) is 4.08. The number of halogens is 3. The molecule has 0 atom stereocenters. The van der Waals surface area contributed by atoms with Crippen LogP contribution in [0.2, 0.25) is 0 Å². The Bertz CT molecular complexity index is 2380. The number of hydrogen-bond donors (Lipinski definition) is 4. The van der Waals surface area contributed by atoms with Gasteiger partial charge < -0.3 is 49.7 Å². The van der Waals surface area contributed by atoms with Crippen molar-refractivity contribution in [2.24, 2.45) is 5.73 Å². The zero-order valence-corrected chi connectivity index (χ0v) is 39.7. The second-order valence-corrected chi connectivity index (χ2v) is 19.3. The molecule has 356 valence electrons. The highest BCUT2D eigenvalue weighted by atomic mass is 79.9. The molecule has 0 spiro atoms. The van der Waals surface area contributed by atoms with Gasteiger partial charge in [-0.1, -0.05) is 15.9 Å². The van der Waals surface area contributed by atoms with Crippen LogP contribution in [0.1, 0.15) is 118 Å². The van der Waals surface area contributed by atoms with E-state index >= 15 is 0 Å². The van der Waals surface area contributed by atoms with Crippen molar-refractivity contribution in [2.75, 3.05) is 31.7 Å². The summed E-state index contributed by atoms with van der Waals surface area (Å²) >= 11 is 3.27. The maximum Gasteiger partial charge on any atom is 0.508 e. The van der Waals surface area contributed by atoms with E-state index in [1.165, 1.54) is 39.8 Å². The highest BCUT2D eigenvalue weighted by Gasteiger charge is 2.31. The molecule has 0 radical (unpaired) electrons. The first-order valence-electron chi connectivity index (χ1n) is 20.7. The fourth-order valence-corrected chi connectivity index (χ4v) is 5.60. The van der Waals surface area contributed by atoms with E-state index in [1.807, 2.05) is 0 Å². The summed E-state index contributed by atoms with van der Waals surface area (Å²) in [5.74, 6) is -1.22. The Kier molecular flexibility index (Phi) is 16.8. The van der Waals surface area contributed by atoms with Gasteiger partial charge in [0.1, 0.15) is 71.4 Å². The number of rotatable bonds is 14. The summed E-state index contributed by atoms with van der Waals surface area (Å²) in [5.41, 5.74) is 1.94. The number of anilines is 1. The van der Waals surface area contributed by atoms with Crippen molar-refractivity contribution in [2.45, 2.75) is 129 Å². The molecule has 2 aromatic carbocycles. The molecular weight excluding hydrogens is 922 g/mol. The van der Waals surface area contributed by atoms with Crippen LogP contribution < -0.4 is 20.5 Å². The largest absolute Gasteiger partial charge is 0.508 e. The van der Waals surface area contributed by atoms with Gasteiger partial charge in [0.15, 0.2) is 11.6 Å². The molecule has 18 nitrogen and oxygen atoms in total. The molecule has 0 amide bonds. The lowest BCUT2D eigenvalue weighted by Gasteiger charge is -2.23. The van der Waals surface area contributed by atoms with Crippen LogP contribution in [0.25, 0.3) is 21.8 Å². The molecule has 6 rings (SSSR count). The third kappa shape index (κ3) is 16.7. The van der Waals surface area contributed by atoms with E-state index in [2.05, 4.69) is 41.2 Å². The van der Waals surface area contributed by atoms with Crippen LogP contribution in [0, 0.1) is 11.6 Å². The lowest BCUT2D eigenvalue weighted by Crippen LogP contribution is -2.41. The highest BCUT2D eigenvalue weighted by molar-refractivity contribution is 9.10. The lowest BCUT2D eigenvalue weighted by atomic mass is 10.1. The summed E-state index contributed by atoms with van der Waals surface area (Å²) in [4.78, 5) is 62.1. The summed E-state index contributed by atoms with van der Waals surface area (Å²) in [6.07, 6.45) is 2.24. The predicted molar refractivity (Wildman–Crippen MR) is 237 cm³/mol. The number of nitrogens with zero attached hydrogens (tertiary/aromatic N) is 4. The van der Waals surface area contributed by atoms with Gasteiger partial charge in [0.2, 0.25) is 11.8 Å². The minimum absolute atomic E-state index is 0.00431. The second-order valence-electron chi connectivity index (χ2n) is 18.4. The van der Waals surface area contributed by atoms with Crippen molar-refractivity contribution in [1.29, 1.82) is 0 Å². The molecular formula is C44H57BrF2N6O12. The topological polar surface area (TPSA) is 254 Å². The van der Waals surface area contributed by atoms with E-state index in [-0.39, 0.29) is 72.1 Å². The number of carboxylic acids is 2. The molecule has 0 aliphatic heterocycles. The van der Waals surface area contributed by atoms with Gasteiger partial charge in [0.05, 0.1) is 10.8 Å². The number of aliphatic carboxylic acids is 2. The van der Waals surface area contributed by atoms with Gasteiger partial charge >= 0.3 is 24.2 Å². The number of ether oxygens (including phenoxy) is 6. The molecule has 21 heteroatoms. The summed E-state index contributed by atoms with van der Waals surface area (Å²) in [5, 5.41) is 21.0. The highest BCUT2D eigenvalue weighted by Crippen LogP contribution is 2.42. The predicted octanol–water partition coefficient (Wildman–Crippen LogP) is 8.80. The second kappa shape index (κ2) is 21.1. The van der Waals surface area contributed by atoms with Crippen molar-refractivity contribution < 1.29 is 66.6 Å². The van der Waals surface area contributed by atoms with Crippen molar-refractivity contribution in [3.63, 3.8) is 0 Å². The molecule has 65 heavy (non-hydrogen) atoms. The van der Waals surface area contributed by atoms with E-state index in [4.69, 9.17) is 39.3 Å². The van der Waals surface area contributed by atoms with Crippen LogP contribution in [0.15, 0.2) is 28.7 Å². The molecule has 0 saturated heterocycles. The summed E-state index contributed by atoms with van der Waals surface area (Å²) in [6.45, 7) is 16.2. The third-order valence-corrected chi connectivity index (χ3v) is 9.19. The molecule has 0 unspecified atom stereocenters. The Morgan fingerprint density at radius 1 is 0.662 bits per heavy atom. The molecule has 2 aliphatic carbocycles. The van der Waals surface area contributed by atoms with Gasteiger partial charge in [-0.3, -0.25) is 4.79 Å². The first-order valence-corrected chi connectivity index (χ1v) is 21.5. The SMILES string of the molecule is CC(C)(C)OC(=O)OCCOc1nc(C2CC2)nc2c(F)cc(Br)cc12.CC(C)(C)OC(=O)OCCOc1nc(C2CC2)nc2c(F)cc(NC(C)(C)C(=O)O)cc12.CC(C)(N)C(=O)O. The zero-order chi connectivity index (χ0) is 48.7. The standard InChI is InChI=1S/C22H28FN3O6.C18H20BrFN2O4.C4H9NO2/c1-21(2,3)32-20(29)31-9-8-30-18-14-10-13(26-22(4,5)19(27)28)11-15(23)16(14)24-17(25-18)12-6-7-12;1-18(2,3)26-17(23)25-7-6-24-16-12-8-11(19)9-13(20)14(12)21-15(22-16)10-4-5-10;1-4(2,5)3(6)7/h10-12,26H,6-9H2,1-5H3,(H,27,28);8-10H,4-7H2,1-3H3;5H2,1-2H3,(H,6,7). The van der Waals surface area contributed by atoms with Crippen LogP contribution in [-0.2, 0) is 28.5 Å². The molecule has 2 heterocycles. The van der Waals surface area contributed by atoms with Gasteiger partial charge in [-0.2, -0.15) is 9.97 Å². The summed E-state index contributed by atoms with van der Waals surface area (Å²) in [6, 6.07) is 5.82. The first kappa shape index (κ1) is 51.9. The number of fused-ring (bicyclic) bond motifs is 2. The van der Waals surface area contributed by atoms with Crippen LogP contribution in [0.5, 0.6) is 11.8 Å². The summed E-state index contributed by atoms with van der Waals surface area (Å²) < 4.78 is 61.2. The maximum absolute atomic E-state index is 14.9. The first-order chi connectivity index (χ1) is 30.0. The van der Waals surface area contributed by atoms with Crippen molar-refractivity contribution in [3.05, 3.63) is 52.0 Å². The van der Waals surface area contributed by atoms with Crippen LogP contribution in [0.4, 0.5) is 24.1 Å². The molecule has 2 aliphatic rings. The van der Waals surface area contributed by atoms with Gasteiger partial charge in [-0.25, -0.2) is 33.1 Å². The Morgan fingerprint density at radius 3 is 1.43 bits per heavy atom. The molecule has 4 aromatic rings. The number of benzene rings is 2. The fourth-order valence-electron chi connectivity index (χ4n) is 5.17. The quantitative estimate of drug-likeness (QED) is 0.0680. The Labute approximate surface area is 383 Å². The monoisotopic (exact) mass is 978 g/mol. The van der Waals surface area contributed by atoms with E-state index < -0.39 is 58.2 Å². The van der Waals surface area contributed by atoms with Crippen LogP contribution in [-0.4, -0.2) is 103 Å². The van der Waals surface area contributed by atoms with E-state index in [0.29, 0.717) is 21.5 Å². The number of nitrogens with one attached hydrogen (secondary N) is 1. The van der Waals surface area contributed by atoms with Crippen LogP contribution in [0.3, 0.4) is 0 Å². The molecule has 2 aromatic heterocycles. The molecule has 2 saturated carbocycles. The Morgan fingerprint density at radius 2 is 1.06 bits per heavy atom. The number of nitrogens with two attached hydrogens (primary N) is 1. The number of hydrogen-bond acceptors (Lipinski definition) is 16. The van der Waals surface area contributed by atoms with Crippen molar-refractivity contribution in [1.82, 2.24) is 19.9 Å². The van der Waals surface area contributed by atoms with Crippen molar-refractivity contribution in [3.8, 4) is 11.8 Å². The molecule has 0 bridgehead atoms. The fraction of sp³-hybridized carbons (Fsp3) is 0.545. The Hall–Kier alpha value is -5.70. The maximum atomic E-state index is 14.9. The van der Waals surface area contributed by atoms with E-state index in [0.717, 1.165) is 25.7 Å². The van der Waals surface area contributed by atoms with Crippen molar-refractivity contribution >= 4 is 67.7 Å². The van der Waals surface area contributed by atoms with Gasteiger partial charge in [-0.15, -0.1) is 0 Å². The zero-order valence-electron chi connectivity index (χ0n) is 38.1. The molecule has 2 fully saturated rings. The van der Waals surface area contributed by atoms with Gasteiger partial charge in [0.25, 0.3) is 0 Å². The normalized spacial score (nSPS) is 13.9. The average molecular weight is 980 g/mol. The Balaban J connectivity index is 0.000000252. The van der Waals surface area contributed by atoms with Crippen LogP contribution >= 0.6 is 15.9 Å². The van der Waals surface area contributed by atoms with E-state index in [9.17, 15) is 33.1 Å². The minimum Gasteiger partial charge on any atom is -0.480 e. The minimum atomic E-state index is -1.32. The number of carboxylic acid groups (broad SMARTS) is 2. The van der Waals surface area contributed by atoms with E-state index in [1.54, 1.807) is 53.7 Å². The number of carbonyl (C=O) groups is 4. The number of carbonyl (C=O) groups excluding carboxylic acids is 2. The summed E-state index contributed by atoms with van der Waals surface area (Å²) in [7, 11) is 0. The van der Waals surface area contributed by atoms with Gasteiger partial charge in [-0.05, 0) is 119 Å². The lowest BCUT2D eigenvalue weighted by molar-refractivity contribution is -0.142. The van der Waals surface area contributed by atoms with Gasteiger partial charge in [0, 0.05) is 22.0 Å². The third-order valence-electron chi connectivity index (χ3n) is 8.73. The number of aromatic nitrogens is 4. The molecule has 5 N–H and O–H groups in total.